The zero-order chi connectivity index (χ0) is 21.8. The Morgan fingerprint density at radius 3 is 2.81 bits per heavy atom. The summed E-state index contributed by atoms with van der Waals surface area (Å²) in [6.07, 6.45) is 3.81. The van der Waals surface area contributed by atoms with Gasteiger partial charge < -0.3 is 15.0 Å². The summed E-state index contributed by atoms with van der Waals surface area (Å²) in [5.74, 6) is 0.764. The van der Waals surface area contributed by atoms with Crippen molar-refractivity contribution in [2.45, 2.75) is 32.0 Å². The second-order valence-corrected chi connectivity index (χ2v) is 7.40. The SMILES string of the molecule is CCn1cc(C(=O)N2C[C@@H](NC(=O)COC)C[C@H]2c2nc(-c3ccccc3)n[nH]2)cn1. The van der Waals surface area contributed by atoms with Gasteiger partial charge in [0.15, 0.2) is 5.82 Å². The summed E-state index contributed by atoms with van der Waals surface area (Å²) in [5, 5.41) is 14.5. The zero-order valence-corrected chi connectivity index (χ0v) is 17.5. The van der Waals surface area contributed by atoms with Crippen LogP contribution in [0.1, 0.15) is 35.6 Å². The van der Waals surface area contributed by atoms with Gasteiger partial charge in [0.1, 0.15) is 12.4 Å². The zero-order valence-electron chi connectivity index (χ0n) is 17.5. The first-order valence-electron chi connectivity index (χ1n) is 10.2. The molecule has 0 aliphatic carbocycles. The highest BCUT2D eigenvalue weighted by Gasteiger charge is 2.39. The number of likely N-dealkylation sites (tertiary alicyclic amines) is 1. The second-order valence-electron chi connectivity index (χ2n) is 7.40. The summed E-state index contributed by atoms with van der Waals surface area (Å²) in [4.78, 5) is 31.7. The van der Waals surface area contributed by atoms with Crippen molar-refractivity contribution in [1.82, 2.24) is 35.2 Å². The summed E-state index contributed by atoms with van der Waals surface area (Å²) >= 11 is 0. The Morgan fingerprint density at radius 1 is 1.29 bits per heavy atom. The Morgan fingerprint density at radius 2 is 2.10 bits per heavy atom. The van der Waals surface area contributed by atoms with Gasteiger partial charge >= 0.3 is 0 Å². The lowest BCUT2D eigenvalue weighted by Crippen LogP contribution is -2.40. The Labute approximate surface area is 179 Å². The number of carbonyl (C=O) groups is 2. The molecule has 10 nitrogen and oxygen atoms in total. The molecular formula is C21H25N7O3. The fourth-order valence-corrected chi connectivity index (χ4v) is 3.78. The third-order valence-corrected chi connectivity index (χ3v) is 5.26. The van der Waals surface area contributed by atoms with E-state index in [2.05, 4.69) is 25.6 Å². The van der Waals surface area contributed by atoms with Crippen LogP contribution in [0.3, 0.4) is 0 Å². The lowest BCUT2D eigenvalue weighted by Gasteiger charge is -2.22. The molecule has 10 heteroatoms. The van der Waals surface area contributed by atoms with Crippen LogP contribution >= 0.6 is 0 Å². The van der Waals surface area contributed by atoms with Crippen LogP contribution in [0.2, 0.25) is 0 Å². The third-order valence-electron chi connectivity index (χ3n) is 5.26. The summed E-state index contributed by atoms with van der Waals surface area (Å²) in [7, 11) is 1.47. The first kappa shape index (κ1) is 20.7. The van der Waals surface area contributed by atoms with Crippen molar-refractivity contribution in [2.24, 2.45) is 0 Å². The average molecular weight is 423 g/mol. The molecule has 0 unspecified atom stereocenters. The van der Waals surface area contributed by atoms with Gasteiger partial charge in [-0.2, -0.15) is 10.2 Å². The molecule has 1 aliphatic heterocycles. The number of aromatic amines is 1. The molecule has 0 bridgehead atoms. The number of aryl methyl sites for hydroxylation is 1. The number of aromatic nitrogens is 5. The maximum atomic E-state index is 13.3. The van der Waals surface area contributed by atoms with Gasteiger partial charge in [-0.1, -0.05) is 30.3 Å². The fourth-order valence-electron chi connectivity index (χ4n) is 3.78. The molecule has 2 amide bonds. The van der Waals surface area contributed by atoms with Crippen LogP contribution < -0.4 is 5.32 Å². The number of rotatable bonds is 7. The molecule has 1 fully saturated rings. The van der Waals surface area contributed by atoms with Crippen molar-refractivity contribution in [3.63, 3.8) is 0 Å². The van der Waals surface area contributed by atoms with Crippen molar-refractivity contribution in [2.75, 3.05) is 20.3 Å². The lowest BCUT2D eigenvalue weighted by atomic mass is 10.1. The van der Waals surface area contributed by atoms with Gasteiger partial charge in [-0.25, -0.2) is 4.98 Å². The van der Waals surface area contributed by atoms with Crippen molar-refractivity contribution >= 4 is 11.8 Å². The number of carbonyl (C=O) groups excluding carboxylic acids is 2. The molecular weight excluding hydrogens is 398 g/mol. The second kappa shape index (κ2) is 9.09. The van der Waals surface area contributed by atoms with Gasteiger partial charge in [-0.15, -0.1) is 0 Å². The van der Waals surface area contributed by atoms with Gasteiger partial charge in [0.05, 0.1) is 17.8 Å². The van der Waals surface area contributed by atoms with Crippen LogP contribution in [0.5, 0.6) is 0 Å². The quantitative estimate of drug-likeness (QED) is 0.593. The van der Waals surface area contributed by atoms with E-state index < -0.39 is 0 Å². The maximum absolute atomic E-state index is 13.3. The van der Waals surface area contributed by atoms with Crippen LogP contribution in [-0.4, -0.2) is 68.0 Å². The molecule has 1 aliphatic rings. The van der Waals surface area contributed by atoms with Crippen LogP contribution in [-0.2, 0) is 16.1 Å². The Bertz CT molecular complexity index is 1050. The van der Waals surface area contributed by atoms with E-state index in [-0.39, 0.29) is 30.5 Å². The molecule has 162 valence electrons. The van der Waals surface area contributed by atoms with Crippen LogP contribution in [0, 0.1) is 0 Å². The lowest BCUT2D eigenvalue weighted by molar-refractivity contribution is -0.125. The summed E-state index contributed by atoms with van der Waals surface area (Å²) < 4.78 is 6.61. The highest BCUT2D eigenvalue weighted by Crippen LogP contribution is 2.32. The number of nitrogens with zero attached hydrogens (tertiary/aromatic N) is 5. The number of benzene rings is 1. The Balaban J connectivity index is 1.59. The molecule has 4 rings (SSSR count). The molecule has 2 atom stereocenters. The van der Waals surface area contributed by atoms with Crippen molar-refractivity contribution < 1.29 is 14.3 Å². The number of nitrogens with one attached hydrogen (secondary N) is 2. The first-order chi connectivity index (χ1) is 15.1. The smallest absolute Gasteiger partial charge is 0.257 e. The minimum absolute atomic E-state index is 0.0289. The predicted molar refractivity (Wildman–Crippen MR) is 112 cm³/mol. The molecule has 0 saturated carbocycles. The van der Waals surface area contributed by atoms with E-state index in [0.29, 0.717) is 36.7 Å². The van der Waals surface area contributed by atoms with E-state index in [1.54, 1.807) is 22.0 Å². The topological polar surface area (TPSA) is 118 Å². The highest BCUT2D eigenvalue weighted by molar-refractivity contribution is 5.94. The highest BCUT2D eigenvalue weighted by atomic mass is 16.5. The number of hydrogen-bond donors (Lipinski definition) is 2. The first-order valence-corrected chi connectivity index (χ1v) is 10.2. The van der Waals surface area contributed by atoms with Gasteiger partial charge in [0, 0.05) is 38.0 Å². The van der Waals surface area contributed by atoms with Crippen LogP contribution in [0.4, 0.5) is 0 Å². The molecule has 0 radical (unpaired) electrons. The number of amides is 2. The Kier molecular flexibility index (Phi) is 6.08. The summed E-state index contributed by atoms with van der Waals surface area (Å²) in [5.41, 5.74) is 1.38. The van der Waals surface area contributed by atoms with E-state index in [0.717, 1.165) is 5.56 Å². The normalized spacial score (nSPS) is 18.3. The number of methoxy groups -OCH3 is 1. The average Bonchev–Trinajstić information content (AvgIpc) is 3.53. The molecule has 1 saturated heterocycles. The molecule has 2 N–H and O–H groups in total. The maximum Gasteiger partial charge on any atom is 0.257 e. The third kappa shape index (κ3) is 4.48. The number of ether oxygens (including phenoxy) is 1. The molecule has 0 spiro atoms. The van der Waals surface area contributed by atoms with E-state index >= 15 is 0 Å². The molecule has 31 heavy (non-hydrogen) atoms. The summed E-state index contributed by atoms with van der Waals surface area (Å²) in [6, 6.07) is 9.05. The molecule has 3 heterocycles. The van der Waals surface area contributed by atoms with Crippen LogP contribution in [0.15, 0.2) is 42.7 Å². The fraction of sp³-hybridized carbons (Fsp3) is 0.381. The van der Waals surface area contributed by atoms with Crippen molar-refractivity contribution in [1.29, 1.82) is 0 Å². The van der Waals surface area contributed by atoms with Crippen LogP contribution in [0.25, 0.3) is 11.4 Å². The standard InChI is InChI=1S/C21H25N7O3/c1-3-27-11-15(10-22-27)21(30)28-12-16(23-18(29)13-31-2)9-17(28)20-24-19(25-26-20)14-7-5-4-6-8-14/h4-8,10-11,16-17H,3,9,12-13H2,1-2H3,(H,23,29)(H,24,25,26)/t16-,17-/m0/s1. The summed E-state index contributed by atoms with van der Waals surface area (Å²) in [6.45, 7) is 2.96. The van der Waals surface area contributed by atoms with Crippen molar-refractivity contribution in [3.8, 4) is 11.4 Å². The predicted octanol–water partition coefficient (Wildman–Crippen LogP) is 1.41. The largest absolute Gasteiger partial charge is 0.375 e. The minimum Gasteiger partial charge on any atom is -0.375 e. The molecule has 2 aromatic heterocycles. The number of H-pyrrole nitrogens is 1. The minimum atomic E-state index is -0.352. The molecule has 3 aromatic rings. The van der Waals surface area contributed by atoms with E-state index in [1.165, 1.54) is 7.11 Å². The van der Waals surface area contributed by atoms with Gasteiger partial charge in [-0.05, 0) is 13.3 Å². The number of hydrogen-bond acceptors (Lipinski definition) is 6. The van der Waals surface area contributed by atoms with E-state index in [9.17, 15) is 9.59 Å². The Hall–Kier alpha value is -3.53. The van der Waals surface area contributed by atoms with Crippen molar-refractivity contribution in [3.05, 3.63) is 54.1 Å². The van der Waals surface area contributed by atoms with Gasteiger partial charge in [0.25, 0.3) is 5.91 Å². The monoisotopic (exact) mass is 423 g/mol. The van der Waals surface area contributed by atoms with Gasteiger partial charge in [-0.3, -0.25) is 19.4 Å². The van der Waals surface area contributed by atoms with Gasteiger partial charge in [0.2, 0.25) is 5.91 Å². The van der Waals surface area contributed by atoms with E-state index in [1.807, 2.05) is 37.3 Å². The molecule has 1 aromatic carbocycles. The van der Waals surface area contributed by atoms with E-state index in [4.69, 9.17) is 4.74 Å².